The van der Waals surface area contributed by atoms with E-state index in [1.54, 1.807) is 15.9 Å². The number of thiophene rings is 1. The largest absolute Gasteiger partial charge is 0.322 e. The SMILES string of the molecule is CCn1c(SCC(=O)Nc2c(F)cc(F)cc2Br)nc2sc3c(c2c1=O)CCCC3. The molecule has 0 atom stereocenters. The number of aryl methyl sites for hydroxylation is 2. The molecule has 2 aromatic heterocycles. The van der Waals surface area contributed by atoms with Crippen molar-refractivity contribution in [2.24, 2.45) is 0 Å². The zero-order valence-corrected chi connectivity index (χ0v) is 19.3. The molecule has 0 saturated heterocycles. The monoisotopic (exact) mass is 513 g/mol. The number of aromatic nitrogens is 2. The van der Waals surface area contributed by atoms with Crippen LogP contribution in [-0.2, 0) is 24.2 Å². The Morgan fingerprint density at radius 3 is 2.83 bits per heavy atom. The minimum absolute atomic E-state index is 0.0632. The second kappa shape index (κ2) is 8.76. The predicted octanol–water partition coefficient (Wildman–Crippen LogP) is 5.13. The minimum Gasteiger partial charge on any atom is -0.322 e. The molecule has 0 fully saturated rings. The summed E-state index contributed by atoms with van der Waals surface area (Å²) in [6.45, 7) is 2.30. The van der Waals surface area contributed by atoms with Crippen LogP contribution < -0.4 is 10.9 Å². The molecular formula is C20H18BrF2N3O2S2. The number of hydrogen-bond acceptors (Lipinski definition) is 5. The normalized spacial score (nSPS) is 13.5. The van der Waals surface area contributed by atoms with E-state index in [4.69, 9.17) is 0 Å². The molecule has 0 radical (unpaired) electrons. The maximum atomic E-state index is 13.9. The van der Waals surface area contributed by atoms with E-state index in [2.05, 4.69) is 26.2 Å². The van der Waals surface area contributed by atoms with Crippen molar-refractivity contribution >= 4 is 60.8 Å². The third kappa shape index (κ3) is 4.04. The van der Waals surface area contributed by atoms with Gasteiger partial charge in [0.25, 0.3) is 5.56 Å². The van der Waals surface area contributed by atoms with Crippen molar-refractivity contribution < 1.29 is 13.6 Å². The molecule has 1 N–H and O–H groups in total. The van der Waals surface area contributed by atoms with Crippen LogP contribution in [0, 0.1) is 11.6 Å². The number of fused-ring (bicyclic) bond motifs is 3. The summed E-state index contributed by atoms with van der Waals surface area (Å²) in [5.41, 5.74) is 0.938. The highest BCUT2D eigenvalue weighted by molar-refractivity contribution is 9.10. The molecule has 30 heavy (non-hydrogen) atoms. The number of carbonyl (C=O) groups is 1. The van der Waals surface area contributed by atoms with Crippen LogP contribution in [0.2, 0.25) is 0 Å². The Morgan fingerprint density at radius 1 is 1.33 bits per heavy atom. The molecule has 1 aliphatic carbocycles. The van der Waals surface area contributed by atoms with E-state index in [0.717, 1.165) is 49.1 Å². The second-order valence-electron chi connectivity index (χ2n) is 6.92. The Kier molecular flexibility index (Phi) is 6.26. The first-order valence-corrected chi connectivity index (χ1v) is 12.1. The lowest BCUT2D eigenvalue weighted by molar-refractivity contribution is -0.113. The van der Waals surface area contributed by atoms with Crippen LogP contribution >= 0.6 is 39.0 Å². The van der Waals surface area contributed by atoms with Gasteiger partial charge in [0, 0.05) is 22.0 Å². The maximum absolute atomic E-state index is 13.9. The van der Waals surface area contributed by atoms with Crippen molar-refractivity contribution in [3.05, 3.63) is 49.0 Å². The molecule has 4 rings (SSSR count). The standard InChI is InChI=1S/C20H18BrF2N3O2S2/c1-2-26-19(28)16-11-5-3-4-6-14(11)30-18(16)25-20(26)29-9-15(27)24-17-12(21)7-10(22)8-13(17)23/h7-8H,2-6,9H2,1H3,(H,24,27). The summed E-state index contributed by atoms with van der Waals surface area (Å²) in [4.78, 5) is 32.1. The minimum atomic E-state index is -0.866. The molecule has 0 spiro atoms. The number of nitrogens with one attached hydrogen (secondary N) is 1. The van der Waals surface area contributed by atoms with E-state index in [1.165, 1.54) is 4.88 Å². The van der Waals surface area contributed by atoms with E-state index >= 15 is 0 Å². The van der Waals surface area contributed by atoms with Crippen LogP contribution in [-0.4, -0.2) is 21.2 Å². The molecule has 1 aliphatic rings. The van der Waals surface area contributed by atoms with Gasteiger partial charge in [-0.1, -0.05) is 11.8 Å². The number of nitrogens with zero attached hydrogens (tertiary/aromatic N) is 2. The molecule has 0 aliphatic heterocycles. The highest BCUT2D eigenvalue weighted by Gasteiger charge is 2.22. The smallest absolute Gasteiger partial charge is 0.263 e. The van der Waals surface area contributed by atoms with Crippen molar-refractivity contribution in [1.82, 2.24) is 9.55 Å². The van der Waals surface area contributed by atoms with Crippen molar-refractivity contribution in [2.45, 2.75) is 44.3 Å². The van der Waals surface area contributed by atoms with Crippen LogP contribution in [0.15, 0.2) is 26.6 Å². The van der Waals surface area contributed by atoms with Gasteiger partial charge in [-0.3, -0.25) is 14.2 Å². The Labute approximate surface area is 188 Å². The summed E-state index contributed by atoms with van der Waals surface area (Å²) in [6, 6.07) is 1.78. The van der Waals surface area contributed by atoms with Gasteiger partial charge in [0.15, 0.2) is 11.0 Å². The predicted molar refractivity (Wildman–Crippen MR) is 120 cm³/mol. The number of thioether (sulfide) groups is 1. The van der Waals surface area contributed by atoms with Gasteiger partial charge in [0.2, 0.25) is 5.91 Å². The lowest BCUT2D eigenvalue weighted by atomic mass is 9.97. The fourth-order valence-corrected chi connectivity index (χ4v) is 6.25. The lowest BCUT2D eigenvalue weighted by Crippen LogP contribution is -2.24. The van der Waals surface area contributed by atoms with E-state index in [1.807, 2.05) is 6.92 Å². The molecule has 5 nitrogen and oxygen atoms in total. The first kappa shape index (κ1) is 21.5. The second-order valence-corrected chi connectivity index (χ2v) is 9.80. The summed E-state index contributed by atoms with van der Waals surface area (Å²) >= 11 is 5.73. The molecule has 0 bridgehead atoms. The molecular weight excluding hydrogens is 496 g/mol. The average molecular weight is 514 g/mol. The Morgan fingerprint density at radius 2 is 2.10 bits per heavy atom. The van der Waals surface area contributed by atoms with Gasteiger partial charge >= 0.3 is 0 Å². The quantitative estimate of drug-likeness (QED) is 0.379. The molecule has 0 saturated carbocycles. The summed E-state index contributed by atoms with van der Waals surface area (Å²) in [6.07, 6.45) is 4.09. The number of hydrogen-bond donors (Lipinski definition) is 1. The lowest BCUT2D eigenvalue weighted by Gasteiger charge is -2.12. The Hall–Kier alpha value is -1.78. The zero-order chi connectivity index (χ0) is 21.4. The highest BCUT2D eigenvalue weighted by atomic mass is 79.9. The van der Waals surface area contributed by atoms with Gasteiger partial charge < -0.3 is 5.32 Å². The highest BCUT2D eigenvalue weighted by Crippen LogP contribution is 2.35. The van der Waals surface area contributed by atoms with E-state index in [-0.39, 0.29) is 21.5 Å². The van der Waals surface area contributed by atoms with Crippen molar-refractivity contribution in [1.29, 1.82) is 0 Å². The number of benzene rings is 1. The van der Waals surface area contributed by atoms with Gasteiger partial charge in [0.1, 0.15) is 10.6 Å². The summed E-state index contributed by atoms with van der Waals surface area (Å²) in [5, 5.41) is 3.62. The van der Waals surface area contributed by atoms with Crippen LogP contribution in [0.3, 0.4) is 0 Å². The molecule has 10 heteroatoms. The number of anilines is 1. The topological polar surface area (TPSA) is 64.0 Å². The molecule has 1 amide bonds. The van der Waals surface area contributed by atoms with E-state index < -0.39 is 17.5 Å². The van der Waals surface area contributed by atoms with Crippen LogP contribution in [0.5, 0.6) is 0 Å². The van der Waals surface area contributed by atoms with Crippen molar-refractivity contribution in [2.75, 3.05) is 11.1 Å². The molecule has 1 aromatic carbocycles. The summed E-state index contributed by atoms with van der Waals surface area (Å²) < 4.78 is 28.9. The van der Waals surface area contributed by atoms with E-state index in [0.29, 0.717) is 28.0 Å². The first-order valence-electron chi connectivity index (χ1n) is 9.51. The third-order valence-corrected chi connectivity index (χ3v) is 7.75. The number of amides is 1. The first-order chi connectivity index (χ1) is 14.4. The van der Waals surface area contributed by atoms with E-state index in [9.17, 15) is 18.4 Å². The van der Waals surface area contributed by atoms with Gasteiger partial charge in [0.05, 0.1) is 16.8 Å². The molecule has 3 aromatic rings. The average Bonchev–Trinajstić information content (AvgIpc) is 3.07. The van der Waals surface area contributed by atoms with Gasteiger partial charge in [-0.25, -0.2) is 13.8 Å². The van der Waals surface area contributed by atoms with Crippen LogP contribution in [0.25, 0.3) is 10.2 Å². The number of carbonyl (C=O) groups excluding carboxylic acids is 1. The maximum Gasteiger partial charge on any atom is 0.263 e. The fraction of sp³-hybridized carbons (Fsp3) is 0.350. The summed E-state index contributed by atoms with van der Waals surface area (Å²) in [7, 11) is 0. The number of halogens is 3. The zero-order valence-electron chi connectivity index (χ0n) is 16.1. The molecule has 0 unspecified atom stereocenters. The Balaban J connectivity index is 1.58. The summed E-state index contributed by atoms with van der Waals surface area (Å²) in [5.74, 6) is -2.15. The molecule has 2 heterocycles. The van der Waals surface area contributed by atoms with Crippen LogP contribution in [0.4, 0.5) is 14.5 Å². The third-order valence-electron chi connectivity index (χ3n) is 4.96. The van der Waals surface area contributed by atoms with Gasteiger partial charge in [-0.2, -0.15) is 0 Å². The van der Waals surface area contributed by atoms with Crippen molar-refractivity contribution in [3.63, 3.8) is 0 Å². The van der Waals surface area contributed by atoms with Crippen LogP contribution in [0.1, 0.15) is 30.2 Å². The number of rotatable bonds is 5. The Bertz CT molecular complexity index is 1190. The fourth-order valence-electron chi connectivity index (χ4n) is 3.58. The van der Waals surface area contributed by atoms with Gasteiger partial charge in [-0.05, 0) is 60.2 Å². The van der Waals surface area contributed by atoms with Gasteiger partial charge in [-0.15, -0.1) is 11.3 Å². The molecule has 158 valence electrons. The van der Waals surface area contributed by atoms with Crippen molar-refractivity contribution in [3.8, 4) is 0 Å².